The van der Waals surface area contributed by atoms with E-state index in [1.807, 2.05) is 0 Å². The third-order valence-corrected chi connectivity index (χ3v) is 3.21. The molecule has 7 heteroatoms. The van der Waals surface area contributed by atoms with Gasteiger partial charge in [0.15, 0.2) is 0 Å². The standard InChI is InChI=1S/C12H16F2N2O2S/c1-8(5-6-19(2)18)15-12(17)16-11-4-3-9(13)7-10(11)14/h3-4,7-8H,5-6H2,1-2H3,(H2,15,16,17)/t8-,19+/m1/s1. The summed E-state index contributed by atoms with van der Waals surface area (Å²) < 4.78 is 36.9. The molecule has 2 amide bonds. The Kier molecular flexibility index (Phi) is 5.88. The van der Waals surface area contributed by atoms with Crippen molar-refractivity contribution in [3.63, 3.8) is 0 Å². The van der Waals surface area contributed by atoms with E-state index in [2.05, 4.69) is 10.6 Å². The fraction of sp³-hybridized carbons (Fsp3) is 0.417. The summed E-state index contributed by atoms with van der Waals surface area (Å²) in [7, 11) is -0.919. The number of halogens is 2. The van der Waals surface area contributed by atoms with Gasteiger partial charge < -0.3 is 10.6 Å². The van der Waals surface area contributed by atoms with Crippen LogP contribution in [0.4, 0.5) is 19.3 Å². The normalized spacial score (nSPS) is 13.7. The van der Waals surface area contributed by atoms with Gasteiger partial charge in [-0.2, -0.15) is 0 Å². The number of nitrogens with one attached hydrogen (secondary N) is 2. The van der Waals surface area contributed by atoms with Crippen LogP contribution in [0.1, 0.15) is 13.3 Å². The molecule has 1 rings (SSSR count). The molecule has 0 saturated carbocycles. The van der Waals surface area contributed by atoms with Crippen molar-refractivity contribution in [3.8, 4) is 0 Å². The van der Waals surface area contributed by atoms with Gasteiger partial charge in [-0.25, -0.2) is 13.6 Å². The Bertz CT molecular complexity index is 483. The fourth-order valence-corrected chi connectivity index (χ4v) is 2.07. The molecule has 0 aromatic heterocycles. The number of carbonyl (C=O) groups is 1. The number of rotatable bonds is 5. The Hall–Kier alpha value is -1.50. The topological polar surface area (TPSA) is 58.2 Å². The van der Waals surface area contributed by atoms with Gasteiger partial charge in [0, 0.05) is 34.9 Å². The van der Waals surface area contributed by atoms with Crippen molar-refractivity contribution in [2.75, 3.05) is 17.3 Å². The highest BCUT2D eigenvalue weighted by molar-refractivity contribution is 7.84. The van der Waals surface area contributed by atoms with Gasteiger partial charge in [-0.1, -0.05) is 0 Å². The maximum atomic E-state index is 13.3. The molecule has 0 saturated heterocycles. The number of amides is 2. The van der Waals surface area contributed by atoms with Crippen molar-refractivity contribution in [1.29, 1.82) is 0 Å². The lowest BCUT2D eigenvalue weighted by molar-refractivity contribution is 0.249. The van der Waals surface area contributed by atoms with E-state index < -0.39 is 28.5 Å². The van der Waals surface area contributed by atoms with Crippen LogP contribution in [0.2, 0.25) is 0 Å². The molecular formula is C12H16F2N2O2S. The van der Waals surface area contributed by atoms with Crippen molar-refractivity contribution >= 4 is 22.5 Å². The third kappa shape index (κ3) is 5.78. The molecule has 0 aliphatic heterocycles. The van der Waals surface area contributed by atoms with Crippen LogP contribution in [-0.4, -0.2) is 28.3 Å². The van der Waals surface area contributed by atoms with E-state index in [1.54, 1.807) is 13.2 Å². The molecule has 0 aliphatic carbocycles. The number of benzene rings is 1. The predicted octanol–water partition coefficient (Wildman–Crippen LogP) is 2.24. The van der Waals surface area contributed by atoms with Crippen molar-refractivity contribution < 1.29 is 17.8 Å². The highest BCUT2D eigenvalue weighted by Crippen LogP contribution is 2.14. The Morgan fingerprint density at radius 2 is 2.11 bits per heavy atom. The number of anilines is 1. The zero-order chi connectivity index (χ0) is 14.4. The summed E-state index contributed by atoms with van der Waals surface area (Å²) >= 11 is 0. The van der Waals surface area contributed by atoms with Crippen LogP contribution in [0.15, 0.2) is 18.2 Å². The molecule has 1 aromatic rings. The van der Waals surface area contributed by atoms with Crippen LogP contribution in [0.3, 0.4) is 0 Å². The second-order valence-electron chi connectivity index (χ2n) is 4.19. The molecule has 0 bridgehead atoms. The minimum Gasteiger partial charge on any atom is -0.335 e. The van der Waals surface area contributed by atoms with Crippen molar-refractivity contribution in [2.45, 2.75) is 19.4 Å². The quantitative estimate of drug-likeness (QED) is 0.874. The molecule has 0 radical (unpaired) electrons. The van der Waals surface area contributed by atoms with Crippen LogP contribution in [0.5, 0.6) is 0 Å². The minimum absolute atomic E-state index is 0.0924. The second kappa shape index (κ2) is 7.18. The Balaban J connectivity index is 2.48. The maximum absolute atomic E-state index is 13.3. The molecule has 19 heavy (non-hydrogen) atoms. The van der Waals surface area contributed by atoms with Crippen LogP contribution in [0.25, 0.3) is 0 Å². The predicted molar refractivity (Wildman–Crippen MR) is 71.5 cm³/mol. The molecule has 0 unspecified atom stereocenters. The van der Waals surface area contributed by atoms with Gasteiger partial charge in [0.1, 0.15) is 11.6 Å². The van der Waals surface area contributed by atoms with Gasteiger partial charge in [0.2, 0.25) is 0 Å². The zero-order valence-corrected chi connectivity index (χ0v) is 11.5. The lowest BCUT2D eigenvalue weighted by Gasteiger charge is -2.14. The smallest absolute Gasteiger partial charge is 0.319 e. The summed E-state index contributed by atoms with van der Waals surface area (Å²) in [4.78, 5) is 11.5. The molecule has 1 aromatic carbocycles. The summed E-state index contributed by atoms with van der Waals surface area (Å²) in [5.41, 5.74) is -0.0924. The minimum atomic E-state index is -0.919. The Labute approximate surface area is 113 Å². The van der Waals surface area contributed by atoms with E-state index >= 15 is 0 Å². The van der Waals surface area contributed by atoms with Gasteiger partial charge in [-0.3, -0.25) is 4.21 Å². The summed E-state index contributed by atoms with van der Waals surface area (Å²) in [6.45, 7) is 1.76. The van der Waals surface area contributed by atoms with Crippen molar-refractivity contribution in [3.05, 3.63) is 29.8 Å². The van der Waals surface area contributed by atoms with E-state index in [1.165, 1.54) is 0 Å². The average molecular weight is 290 g/mol. The molecule has 2 N–H and O–H groups in total. The average Bonchev–Trinajstić information content (AvgIpc) is 2.30. The van der Waals surface area contributed by atoms with Crippen molar-refractivity contribution in [1.82, 2.24) is 5.32 Å². The van der Waals surface area contributed by atoms with Crippen molar-refractivity contribution in [2.24, 2.45) is 0 Å². The third-order valence-electron chi connectivity index (χ3n) is 2.40. The SMILES string of the molecule is C[C@H](CC[S@](C)=O)NC(=O)Nc1ccc(F)cc1F. The van der Waals surface area contributed by atoms with Crippen LogP contribution >= 0.6 is 0 Å². The molecule has 0 fully saturated rings. The fourth-order valence-electron chi connectivity index (χ4n) is 1.39. The molecule has 106 valence electrons. The highest BCUT2D eigenvalue weighted by atomic mass is 32.2. The monoisotopic (exact) mass is 290 g/mol. The van der Waals surface area contributed by atoms with Crippen LogP contribution < -0.4 is 10.6 Å². The molecule has 0 heterocycles. The van der Waals surface area contributed by atoms with Gasteiger partial charge in [0.05, 0.1) is 5.69 Å². The first kappa shape index (κ1) is 15.6. The summed E-state index contributed by atoms with van der Waals surface area (Å²) in [5, 5.41) is 4.87. The van der Waals surface area contributed by atoms with Gasteiger partial charge in [-0.05, 0) is 25.5 Å². The lowest BCUT2D eigenvalue weighted by Crippen LogP contribution is -2.37. The van der Waals surface area contributed by atoms with Gasteiger partial charge >= 0.3 is 6.03 Å². The largest absolute Gasteiger partial charge is 0.335 e. The molecule has 0 aliphatic rings. The first-order valence-electron chi connectivity index (χ1n) is 5.71. The number of carbonyl (C=O) groups excluding carboxylic acids is 1. The van der Waals surface area contributed by atoms with Gasteiger partial charge in [-0.15, -0.1) is 0 Å². The summed E-state index contributed by atoms with van der Waals surface area (Å²) in [5.74, 6) is -1.06. The number of urea groups is 1. The van der Waals surface area contributed by atoms with E-state index in [0.717, 1.165) is 12.1 Å². The molecule has 4 nitrogen and oxygen atoms in total. The molecule has 0 spiro atoms. The van der Waals surface area contributed by atoms with E-state index in [4.69, 9.17) is 0 Å². The van der Waals surface area contributed by atoms with Crippen LogP contribution in [-0.2, 0) is 10.8 Å². The van der Waals surface area contributed by atoms with E-state index in [-0.39, 0.29) is 11.7 Å². The summed E-state index contributed by atoms with van der Waals surface area (Å²) in [6.07, 6.45) is 2.14. The summed E-state index contributed by atoms with van der Waals surface area (Å²) in [6, 6.07) is 2.13. The highest BCUT2D eigenvalue weighted by Gasteiger charge is 2.10. The van der Waals surface area contributed by atoms with E-state index in [9.17, 15) is 17.8 Å². The molecule has 2 atom stereocenters. The number of hydrogen-bond acceptors (Lipinski definition) is 2. The Morgan fingerprint density at radius 3 is 2.68 bits per heavy atom. The first-order valence-corrected chi connectivity index (χ1v) is 7.44. The van der Waals surface area contributed by atoms with Crippen LogP contribution in [0, 0.1) is 11.6 Å². The molecular weight excluding hydrogens is 274 g/mol. The van der Waals surface area contributed by atoms with Gasteiger partial charge in [0.25, 0.3) is 0 Å². The number of hydrogen-bond donors (Lipinski definition) is 2. The zero-order valence-electron chi connectivity index (χ0n) is 10.7. The first-order chi connectivity index (χ1) is 8.88. The lowest BCUT2D eigenvalue weighted by atomic mass is 10.2. The second-order valence-corrected chi connectivity index (χ2v) is 5.74. The Morgan fingerprint density at radius 1 is 1.42 bits per heavy atom. The maximum Gasteiger partial charge on any atom is 0.319 e. The van der Waals surface area contributed by atoms with E-state index in [0.29, 0.717) is 18.2 Å².